The smallest absolute Gasteiger partial charge is 0.338 e. The van der Waals surface area contributed by atoms with Gasteiger partial charge in [-0.1, -0.05) is 112 Å². The summed E-state index contributed by atoms with van der Waals surface area (Å²) in [6.45, 7) is 16.3. The Kier molecular flexibility index (Phi) is 11.7. The van der Waals surface area contributed by atoms with E-state index in [1.54, 1.807) is 19.2 Å². The molecule has 8 nitrogen and oxygen atoms in total. The summed E-state index contributed by atoms with van der Waals surface area (Å²) in [6, 6.07) is 30.5. The first-order valence-electron chi connectivity index (χ1n) is 20.4. The molecule has 8 rings (SSSR count). The highest BCUT2D eigenvalue weighted by atomic mass is 28.4. The maximum absolute atomic E-state index is 15.4. The van der Waals surface area contributed by atoms with Crippen LogP contribution >= 0.6 is 0 Å². The van der Waals surface area contributed by atoms with Gasteiger partial charge >= 0.3 is 5.97 Å². The normalized spacial score (nSPS) is 29.9. The van der Waals surface area contributed by atoms with Crippen molar-refractivity contribution in [1.29, 1.82) is 0 Å². The lowest BCUT2D eigenvalue weighted by Gasteiger charge is -2.67. The molecule has 9 heteroatoms. The van der Waals surface area contributed by atoms with Crippen molar-refractivity contribution < 1.29 is 37.7 Å². The lowest BCUT2D eigenvalue weighted by molar-refractivity contribution is -0.355. The van der Waals surface area contributed by atoms with Gasteiger partial charge in [0.15, 0.2) is 5.79 Å². The van der Waals surface area contributed by atoms with Gasteiger partial charge in [-0.2, -0.15) is 0 Å². The molecule has 2 bridgehead atoms. The first kappa shape index (κ1) is 40.7. The van der Waals surface area contributed by atoms with Crippen LogP contribution in [-0.2, 0) is 32.9 Å². The summed E-state index contributed by atoms with van der Waals surface area (Å²) in [4.78, 5) is 29.1. The fourth-order valence-corrected chi connectivity index (χ4v) is 15.5. The van der Waals surface area contributed by atoms with Gasteiger partial charge in [-0.3, -0.25) is 4.79 Å². The number of fused-ring (bicyclic) bond motifs is 2. The van der Waals surface area contributed by atoms with Crippen LogP contribution in [0.4, 0.5) is 0 Å². The van der Waals surface area contributed by atoms with Crippen LogP contribution in [0.25, 0.3) is 0 Å². The number of benzene rings is 3. The number of ketones is 1. The van der Waals surface area contributed by atoms with Crippen LogP contribution in [0.2, 0.25) is 5.04 Å². The fourth-order valence-electron chi connectivity index (χ4n) is 10.9. The van der Waals surface area contributed by atoms with Crippen molar-refractivity contribution in [1.82, 2.24) is 0 Å². The van der Waals surface area contributed by atoms with E-state index in [-0.39, 0.29) is 48.8 Å². The Balaban J connectivity index is 1.27. The van der Waals surface area contributed by atoms with Crippen molar-refractivity contribution in [3.05, 3.63) is 109 Å². The third-order valence-electron chi connectivity index (χ3n) is 13.4. The largest absolute Gasteiger partial charge is 0.461 e. The lowest BCUT2D eigenvalue weighted by Crippen LogP contribution is -2.74. The number of carbonyl (C=O) groups is 2. The summed E-state index contributed by atoms with van der Waals surface area (Å²) >= 11 is 0. The Bertz CT molecular complexity index is 1800. The van der Waals surface area contributed by atoms with Gasteiger partial charge in [0.2, 0.25) is 0 Å². The van der Waals surface area contributed by atoms with Gasteiger partial charge in [-0.25, -0.2) is 4.79 Å². The predicted molar refractivity (Wildman–Crippen MR) is 219 cm³/mol. The lowest BCUT2D eigenvalue weighted by atomic mass is 9.40. The van der Waals surface area contributed by atoms with E-state index in [0.29, 0.717) is 25.0 Å². The average molecular weight is 781 g/mol. The summed E-state index contributed by atoms with van der Waals surface area (Å²) < 4.78 is 38.8. The van der Waals surface area contributed by atoms with E-state index < -0.39 is 42.9 Å². The maximum Gasteiger partial charge on any atom is 0.338 e. The van der Waals surface area contributed by atoms with Crippen molar-refractivity contribution in [2.45, 2.75) is 96.2 Å². The molecule has 0 unspecified atom stereocenters. The summed E-state index contributed by atoms with van der Waals surface area (Å²) in [6.07, 6.45) is 3.60. The highest BCUT2D eigenvalue weighted by Gasteiger charge is 2.73. The van der Waals surface area contributed by atoms with Crippen LogP contribution in [0.3, 0.4) is 0 Å². The topological polar surface area (TPSA) is 89.5 Å². The molecule has 0 aromatic heterocycles. The summed E-state index contributed by atoms with van der Waals surface area (Å²) in [5.74, 6) is -2.03. The Morgan fingerprint density at radius 3 is 2.16 bits per heavy atom. The molecule has 0 N–H and O–H groups in total. The zero-order valence-corrected chi connectivity index (χ0v) is 35.1. The van der Waals surface area contributed by atoms with Gasteiger partial charge in [-0.05, 0) is 85.8 Å². The Morgan fingerprint density at radius 1 is 0.929 bits per heavy atom. The quantitative estimate of drug-likeness (QED) is 0.0537. The van der Waals surface area contributed by atoms with Crippen LogP contribution in [0.5, 0.6) is 0 Å². The van der Waals surface area contributed by atoms with E-state index in [2.05, 4.69) is 88.0 Å². The number of ether oxygens (including phenoxy) is 5. The Labute approximate surface area is 334 Å². The summed E-state index contributed by atoms with van der Waals surface area (Å²) in [5.41, 5.74) is -0.0712. The Hall–Kier alpha value is -3.44. The molecule has 5 fully saturated rings. The highest BCUT2D eigenvalue weighted by Crippen LogP contribution is 2.67. The molecule has 56 heavy (non-hydrogen) atoms. The van der Waals surface area contributed by atoms with E-state index in [4.69, 9.17) is 28.1 Å². The SMILES string of the molecule is C=C1CC[C@@H](OCOC)[C@@H]1[C@@H]1C(=O)[C@]23CC[C@@]1(COC(=O)c1ccccc1)[C@H](CCCO[Si](c1ccccc1)(c1ccccc1)C(C)(C)C)[C@H]2OC(C)(C)OC3. The molecular weight excluding hydrogens is 721 g/mol. The van der Waals surface area contributed by atoms with Crippen LogP contribution < -0.4 is 10.4 Å². The van der Waals surface area contributed by atoms with Crippen molar-refractivity contribution in [2.75, 3.05) is 33.7 Å². The number of rotatable bonds is 14. The molecule has 4 aliphatic carbocycles. The molecule has 7 atom stereocenters. The number of hydrogen-bond donors (Lipinski definition) is 0. The number of carbonyl (C=O) groups excluding carboxylic acids is 2. The molecular formula is C47H60O8Si. The van der Waals surface area contributed by atoms with E-state index in [1.807, 2.05) is 32.0 Å². The zero-order valence-electron chi connectivity index (χ0n) is 34.1. The summed E-state index contributed by atoms with van der Waals surface area (Å²) in [5, 5.41) is 2.31. The van der Waals surface area contributed by atoms with Gasteiger partial charge in [0.25, 0.3) is 8.32 Å². The monoisotopic (exact) mass is 780 g/mol. The first-order chi connectivity index (χ1) is 26.8. The van der Waals surface area contributed by atoms with E-state index in [1.165, 1.54) is 10.4 Å². The minimum Gasteiger partial charge on any atom is -0.461 e. The van der Waals surface area contributed by atoms with Crippen LogP contribution in [-0.4, -0.2) is 71.8 Å². The van der Waals surface area contributed by atoms with Crippen molar-refractivity contribution in [2.24, 2.45) is 28.6 Å². The molecule has 3 aromatic rings. The van der Waals surface area contributed by atoms with Crippen LogP contribution in [0, 0.1) is 28.6 Å². The fraction of sp³-hybridized carbons (Fsp3) is 0.532. The minimum atomic E-state index is -2.79. The van der Waals surface area contributed by atoms with E-state index in [0.717, 1.165) is 31.3 Å². The Morgan fingerprint density at radius 2 is 1.55 bits per heavy atom. The third kappa shape index (κ3) is 7.17. The van der Waals surface area contributed by atoms with E-state index in [9.17, 15) is 4.79 Å². The van der Waals surface area contributed by atoms with Gasteiger partial charge in [-0.15, -0.1) is 0 Å². The molecule has 300 valence electrons. The van der Waals surface area contributed by atoms with Crippen molar-refractivity contribution in [3.8, 4) is 0 Å². The van der Waals surface area contributed by atoms with Gasteiger partial charge in [0.1, 0.15) is 12.6 Å². The second-order valence-electron chi connectivity index (χ2n) is 18.0. The third-order valence-corrected chi connectivity index (χ3v) is 18.5. The first-order valence-corrected chi connectivity index (χ1v) is 22.3. The second kappa shape index (κ2) is 16.1. The minimum absolute atomic E-state index is 0.0926. The zero-order chi connectivity index (χ0) is 39.8. The molecule has 1 aliphatic heterocycles. The molecule has 3 aromatic carbocycles. The molecule has 5 aliphatic rings. The molecule has 0 radical (unpaired) electrons. The standard InChI is InChI=1S/C47H60O8Si/c1-33-25-26-38(52-32-50-7)39(33)40-41(48)47-28-27-46(40,30-51-43(49)34-18-11-8-12-19-34)37(42(47)55-45(5,6)53-31-47)24-17-29-54-56(44(2,3)4,35-20-13-9-14-21-35)36-22-15-10-16-23-36/h8-16,18-23,37-40,42H,1,17,24-32H2,2-7H3/t37-,38-,39-,40-,42-,46-,47-/m1/s1. The van der Waals surface area contributed by atoms with Gasteiger partial charge < -0.3 is 28.1 Å². The number of hydrogen-bond acceptors (Lipinski definition) is 8. The van der Waals surface area contributed by atoms with Crippen molar-refractivity contribution >= 4 is 30.4 Å². The predicted octanol–water partition coefficient (Wildman–Crippen LogP) is 7.89. The number of esters is 1. The van der Waals surface area contributed by atoms with Crippen molar-refractivity contribution in [3.63, 3.8) is 0 Å². The highest BCUT2D eigenvalue weighted by molar-refractivity contribution is 6.99. The number of methoxy groups -OCH3 is 1. The summed E-state index contributed by atoms with van der Waals surface area (Å²) in [7, 11) is -1.17. The van der Waals surface area contributed by atoms with Gasteiger partial charge in [0, 0.05) is 31.0 Å². The molecule has 4 saturated carbocycles. The van der Waals surface area contributed by atoms with Crippen LogP contribution in [0.1, 0.15) is 83.5 Å². The molecule has 1 spiro atoms. The van der Waals surface area contributed by atoms with Gasteiger partial charge in [0.05, 0.1) is 36.4 Å². The van der Waals surface area contributed by atoms with E-state index >= 15 is 4.79 Å². The second-order valence-corrected chi connectivity index (χ2v) is 22.3. The molecule has 0 amide bonds. The number of Topliss-reactive ketones (excluding diaryl/α,β-unsaturated/α-hetero) is 1. The van der Waals surface area contributed by atoms with Crippen LogP contribution in [0.15, 0.2) is 103 Å². The average Bonchev–Trinajstić information content (AvgIpc) is 3.55. The maximum atomic E-state index is 15.4. The molecule has 1 heterocycles. The molecule has 1 saturated heterocycles.